The topological polar surface area (TPSA) is 85.4 Å². The summed E-state index contributed by atoms with van der Waals surface area (Å²) < 4.78 is 5.62. The van der Waals surface area contributed by atoms with Crippen molar-refractivity contribution in [3.63, 3.8) is 0 Å². The Morgan fingerprint density at radius 1 is 1.53 bits per heavy atom. The van der Waals surface area contributed by atoms with Gasteiger partial charge in [0.25, 0.3) is 0 Å². The van der Waals surface area contributed by atoms with E-state index in [1.165, 1.54) is 0 Å². The fraction of sp³-hybridized carbons (Fsp3) is 0.571. The lowest BCUT2D eigenvalue weighted by molar-refractivity contribution is -0.148. The SMILES string of the molecule is Cc1ccc(OCC(C)(C)C(=O)O)c(CC(C)N)n1. The average Bonchev–Trinajstić information content (AvgIpc) is 2.26. The molecule has 1 aromatic rings. The molecule has 0 fully saturated rings. The van der Waals surface area contributed by atoms with Gasteiger partial charge in [0.2, 0.25) is 0 Å². The number of nitrogens with two attached hydrogens (primary N) is 1. The molecule has 5 nitrogen and oxygen atoms in total. The molecule has 0 aliphatic heterocycles. The summed E-state index contributed by atoms with van der Waals surface area (Å²) in [4.78, 5) is 15.4. The van der Waals surface area contributed by atoms with Crippen molar-refractivity contribution < 1.29 is 14.6 Å². The molecule has 106 valence electrons. The number of carboxylic acid groups (broad SMARTS) is 1. The first-order valence-electron chi connectivity index (χ1n) is 6.30. The minimum atomic E-state index is -0.934. The van der Waals surface area contributed by atoms with Gasteiger partial charge in [-0.1, -0.05) is 0 Å². The quantitative estimate of drug-likeness (QED) is 0.819. The van der Waals surface area contributed by atoms with Gasteiger partial charge < -0.3 is 15.6 Å². The molecule has 0 aromatic carbocycles. The van der Waals surface area contributed by atoms with Gasteiger partial charge in [-0.3, -0.25) is 9.78 Å². The number of carboxylic acids is 1. The zero-order chi connectivity index (χ0) is 14.6. The lowest BCUT2D eigenvalue weighted by atomic mass is 9.95. The fourth-order valence-electron chi connectivity index (χ4n) is 1.50. The molecule has 0 saturated heterocycles. The monoisotopic (exact) mass is 266 g/mol. The van der Waals surface area contributed by atoms with Crippen LogP contribution in [-0.4, -0.2) is 28.7 Å². The molecule has 1 aromatic heterocycles. The van der Waals surface area contributed by atoms with Crippen LogP contribution in [0.15, 0.2) is 12.1 Å². The second-order valence-electron chi connectivity index (χ2n) is 5.56. The Hall–Kier alpha value is -1.62. The molecule has 1 heterocycles. The second-order valence-corrected chi connectivity index (χ2v) is 5.56. The molecule has 0 amide bonds. The first kappa shape index (κ1) is 15.4. The number of pyridine rings is 1. The summed E-state index contributed by atoms with van der Waals surface area (Å²) in [7, 11) is 0. The molecule has 0 spiro atoms. The van der Waals surface area contributed by atoms with E-state index in [1.54, 1.807) is 13.8 Å². The maximum atomic E-state index is 11.0. The summed E-state index contributed by atoms with van der Waals surface area (Å²) in [6, 6.07) is 3.63. The first-order chi connectivity index (χ1) is 8.72. The van der Waals surface area contributed by atoms with Gasteiger partial charge in [-0.05, 0) is 39.8 Å². The van der Waals surface area contributed by atoms with Gasteiger partial charge in [0.1, 0.15) is 12.4 Å². The van der Waals surface area contributed by atoms with Gasteiger partial charge in [0.15, 0.2) is 0 Å². The average molecular weight is 266 g/mol. The van der Waals surface area contributed by atoms with Gasteiger partial charge in [0.05, 0.1) is 11.1 Å². The van der Waals surface area contributed by atoms with Crippen LogP contribution in [0.2, 0.25) is 0 Å². The molecule has 3 N–H and O–H groups in total. The van der Waals surface area contributed by atoms with E-state index in [4.69, 9.17) is 15.6 Å². The number of ether oxygens (including phenoxy) is 1. The van der Waals surface area contributed by atoms with Gasteiger partial charge in [0, 0.05) is 18.2 Å². The smallest absolute Gasteiger partial charge is 0.312 e. The fourth-order valence-corrected chi connectivity index (χ4v) is 1.50. The molecular formula is C14H22N2O3. The molecule has 5 heteroatoms. The maximum absolute atomic E-state index is 11.0. The van der Waals surface area contributed by atoms with E-state index in [1.807, 2.05) is 26.0 Å². The van der Waals surface area contributed by atoms with Crippen molar-refractivity contribution in [3.8, 4) is 5.75 Å². The highest BCUT2D eigenvalue weighted by atomic mass is 16.5. The minimum Gasteiger partial charge on any atom is -0.491 e. The molecule has 1 unspecified atom stereocenters. The van der Waals surface area contributed by atoms with E-state index in [-0.39, 0.29) is 12.6 Å². The highest BCUT2D eigenvalue weighted by Gasteiger charge is 2.28. The predicted molar refractivity (Wildman–Crippen MR) is 73.2 cm³/mol. The molecule has 19 heavy (non-hydrogen) atoms. The van der Waals surface area contributed by atoms with Crippen molar-refractivity contribution >= 4 is 5.97 Å². The summed E-state index contributed by atoms with van der Waals surface area (Å²) in [6.45, 7) is 7.15. The third kappa shape index (κ3) is 4.52. The van der Waals surface area contributed by atoms with Crippen LogP contribution in [0, 0.1) is 12.3 Å². The summed E-state index contributed by atoms with van der Waals surface area (Å²) in [6.07, 6.45) is 0.602. The third-order valence-corrected chi connectivity index (χ3v) is 2.75. The van der Waals surface area contributed by atoms with E-state index in [0.29, 0.717) is 12.2 Å². The van der Waals surface area contributed by atoms with Crippen LogP contribution in [0.4, 0.5) is 0 Å². The highest BCUT2D eigenvalue weighted by molar-refractivity contribution is 5.73. The van der Waals surface area contributed by atoms with E-state index in [9.17, 15) is 4.79 Å². The number of carbonyl (C=O) groups is 1. The van der Waals surface area contributed by atoms with Gasteiger partial charge in [-0.25, -0.2) is 0 Å². The molecule has 1 rings (SSSR count). The Bertz CT molecular complexity index is 456. The molecular weight excluding hydrogens is 244 g/mol. The van der Waals surface area contributed by atoms with E-state index < -0.39 is 11.4 Å². The van der Waals surface area contributed by atoms with Crippen molar-refractivity contribution in [2.45, 2.75) is 40.2 Å². The Morgan fingerprint density at radius 3 is 2.68 bits per heavy atom. The summed E-state index contributed by atoms with van der Waals surface area (Å²) >= 11 is 0. The number of aliphatic carboxylic acids is 1. The predicted octanol–water partition coefficient (Wildman–Crippen LogP) is 1.77. The first-order valence-corrected chi connectivity index (χ1v) is 6.30. The molecule has 1 atom stereocenters. The highest BCUT2D eigenvalue weighted by Crippen LogP contribution is 2.22. The third-order valence-electron chi connectivity index (χ3n) is 2.75. The molecule has 0 bridgehead atoms. The zero-order valence-corrected chi connectivity index (χ0v) is 11.9. The van der Waals surface area contributed by atoms with Crippen molar-refractivity contribution in [2.24, 2.45) is 11.1 Å². The standard InChI is InChI=1S/C14H22N2O3/c1-9(15)7-11-12(6-5-10(2)16-11)19-8-14(3,4)13(17)18/h5-6,9H,7-8,15H2,1-4H3,(H,17,18). The Balaban J connectivity index is 2.86. The van der Waals surface area contributed by atoms with Crippen LogP contribution in [-0.2, 0) is 11.2 Å². The number of rotatable bonds is 6. The maximum Gasteiger partial charge on any atom is 0.312 e. The van der Waals surface area contributed by atoms with Crippen LogP contribution < -0.4 is 10.5 Å². The van der Waals surface area contributed by atoms with Crippen molar-refractivity contribution in [1.29, 1.82) is 0 Å². The van der Waals surface area contributed by atoms with Crippen LogP contribution >= 0.6 is 0 Å². The number of aryl methyl sites for hydroxylation is 1. The van der Waals surface area contributed by atoms with E-state index in [0.717, 1.165) is 11.4 Å². The second kappa shape index (κ2) is 6.02. The number of hydrogen-bond acceptors (Lipinski definition) is 4. The van der Waals surface area contributed by atoms with Crippen LogP contribution in [0.1, 0.15) is 32.2 Å². The number of hydrogen-bond donors (Lipinski definition) is 2. The van der Waals surface area contributed by atoms with Crippen LogP contribution in [0.3, 0.4) is 0 Å². The lowest BCUT2D eigenvalue weighted by Gasteiger charge is -2.21. The Labute approximate surface area is 113 Å². The largest absolute Gasteiger partial charge is 0.491 e. The van der Waals surface area contributed by atoms with Gasteiger partial charge in [-0.2, -0.15) is 0 Å². The lowest BCUT2D eigenvalue weighted by Crippen LogP contribution is -2.31. The summed E-state index contributed by atoms with van der Waals surface area (Å²) in [5.41, 5.74) is 6.51. The van der Waals surface area contributed by atoms with E-state index in [2.05, 4.69) is 4.98 Å². The number of nitrogens with zero attached hydrogens (tertiary/aromatic N) is 1. The molecule has 0 aliphatic rings. The molecule has 0 radical (unpaired) electrons. The van der Waals surface area contributed by atoms with Gasteiger partial charge >= 0.3 is 5.97 Å². The molecule has 0 saturated carbocycles. The van der Waals surface area contributed by atoms with Crippen molar-refractivity contribution in [3.05, 3.63) is 23.5 Å². The van der Waals surface area contributed by atoms with Gasteiger partial charge in [-0.15, -0.1) is 0 Å². The van der Waals surface area contributed by atoms with Crippen molar-refractivity contribution in [1.82, 2.24) is 4.98 Å². The zero-order valence-electron chi connectivity index (χ0n) is 11.9. The Kier molecular flexibility index (Phi) is 4.89. The summed E-state index contributed by atoms with van der Waals surface area (Å²) in [5.74, 6) is -0.279. The van der Waals surface area contributed by atoms with E-state index >= 15 is 0 Å². The summed E-state index contributed by atoms with van der Waals surface area (Å²) in [5, 5.41) is 9.06. The normalized spacial score (nSPS) is 13.1. The molecule has 0 aliphatic carbocycles. The Morgan fingerprint density at radius 2 is 2.16 bits per heavy atom. The van der Waals surface area contributed by atoms with Crippen LogP contribution in [0.5, 0.6) is 5.75 Å². The number of aromatic nitrogens is 1. The minimum absolute atomic E-state index is 0.0240. The van der Waals surface area contributed by atoms with Crippen molar-refractivity contribution in [2.75, 3.05) is 6.61 Å². The van der Waals surface area contributed by atoms with Crippen LogP contribution in [0.25, 0.3) is 0 Å².